The lowest BCUT2D eigenvalue weighted by Gasteiger charge is -2.39. The van der Waals surface area contributed by atoms with Crippen molar-refractivity contribution in [1.29, 1.82) is 0 Å². The van der Waals surface area contributed by atoms with Gasteiger partial charge in [0.15, 0.2) is 5.65 Å². The molecule has 2 aromatic heterocycles. The van der Waals surface area contributed by atoms with E-state index in [0.29, 0.717) is 33.7 Å². The molecule has 2 aromatic rings. The molecule has 1 aliphatic heterocycles. The molecule has 0 bridgehead atoms. The Hall–Kier alpha value is -1.58. The van der Waals surface area contributed by atoms with Gasteiger partial charge in [0.25, 0.3) is 5.56 Å². The quantitative estimate of drug-likeness (QED) is 0.702. The van der Waals surface area contributed by atoms with Crippen molar-refractivity contribution in [3.63, 3.8) is 0 Å². The van der Waals surface area contributed by atoms with Crippen LogP contribution in [0.1, 0.15) is 57.4 Å². The fourth-order valence-corrected chi connectivity index (χ4v) is 5.78. The normalized spacial score (nSPS) is 26.3. The lowest BCUT2D eigenvalue weighted by Crippen LogP contribution is -2.50. The Morgan fingerprint density at radius 1 is 1.00 bits per heavy atom. The standard InChI is InChI=1S/C21H30BrN7O/c22-17-13-18-19(29(20(17)30)16-3-1-2-4-16)25-21(27-26-18)24-14-5-7-15(8-6-14)28-11-9-23-10-12-28/h13-16,23H,1-12H2,(H,24,25,27). The monoisotopic (exact) mass is 475 g/mol. The maximum absolute atomic E-state index is 12.9. The predicted molar refractivity (Wildman–Crippen MR) is 121 cm³/mol. The van der Waals surface area contributed by atoms with Crippen LogP contribution in [0.15, 0.2) is 15.3 Å². The van der Waals surface area contributed by atoms with Crippen LogP contribution in [0.3, 0.4) is 0 Å². The Morgan fingerprint density at radius 3 is 2.47 bits per heavy atom. The summed E-state index contributed by atoms with van der Waals surface area (Å²) in [6, 6.07) is 3.01. The first-order chi connectivity index (χ1) is 14.7. The summed E-state index contributed by atoms with van der Waals surface area (Å²) >= 11 is 3.40. The topological polar surface area (TPSA) is 88.0 Å². The molecule has 162 valence electrons. The Labute approximate surface area is 185 Å². The third-order valence-corrected chi connectivity index (χ3v) is 7.56. The van der Waals surface area contributed by atoms with Gasteiger partial charge in [-0.25, -0.2) is 0 Å². The lowest BCUT2D eigenvalue weighted by atomic mass is 9.90. The van der Waals surface area contributed by atoms with Gasteiger partial charge in [0, 0.05) is 44.3 Å². The number of nitrogens with one attached hydrogen (secondary N) is 2. The van der Waals surface area contributed by atoms with Crippen LogP contribution in [0, 0.1) is 0 Å². The molecule has 3 aliphatic rings. The zero-order valence-corrected chi connectivity index (χ0v) is 18.9. The molecule has 1 saturated heterocycles. The summed E-state index contributed by atoms with van der Waals surface area (Å²) in [5.41, 5.74) is 1.31. The molecule has 3 heterocycles. The fourth-order valence-electron chi connectivity index (χ4n) is 5.37. The summed E-state index contributed by atoms with van der Waals surface area (Å²) in [5.74, 6) is 0.543. The maximum atomic E-state index is 12.9. The first kappa shape index (κ1) is 20.3. The molecule has 0 spiro atoms. The minimum Gasteiger partial charge on any atom is -0.350 e. The molecule has 0 radical (unpaired) electrons. The average Bonchev–Trinajstić information content (AvgIpc) is 3.30. The first-order valence-electron chi connectivity index (χ1n) is 11.4. The highest BCUT2D eigenvalue weighted by molar-refractivity contribution is 9.10. The van der Waals surface area contributed by atoms with E-state index in [4.69, 9.17) is 4.98 Å². The van der Waals surface area contributed by atoms with Gasteiger partial charge < -0.3 is 10.6 Å². The molecule has 30 heavy (non-hydrogen) atoms. The van der Waals surface area contributed by atoms with Crippen LogP contribution in [-0.2, 0) is 0 Å². The van der Waals surface area contributed by atoms with Gasteiger partial charge in [-0.3, -0.25) is 14.3 Å². The van der Waals surface area contributed by atoms with E-state index in [1.165, 1.54) is 12.8 Å². The predicted octanol–water partition coefficient (Wildman–Crippen LogP) is 2.69. The maximum Gasteiger partial charge on any atom is 0.266 e. The van der Waals surface area contributed by atoms with Gasteiger partial charge >= 0.3 is 0 Å². The second kappa shape index (κ2) is 8.88. The molecule has 3 fully saturated rings. The van der Waals surface area contributed by atoms with Crippen molar-refractivity contribution in [2.45, 2.75) is 69.5 Å². The number of rotatable bonds is 4. The van der Waals surface area contributed by atoms with Crippen molar-refractivity contribution >= 4 is 33.0 Å². The van der Waals surface area contributed by atoms with Crippen LogP contribution in [0.5, 0.6) is 0 Å². The van der Waals surface area contributed by atoms with Crippen LogP contribution >= 0.6 is 15.9 Å². The first-order valence-corrected chi connectivity index (χ1v) is 12.1. The molecular formula is C21H30BrN7O. The molecule has 0 amide bonds. The minimum absolute atomic E-state index is 0.0163. The van der Waals surface area contributed by atoms with Crippen molar-refractivity contribution in [3.8, 4) is 0 Å². The molecule has 5 rings (SSSR count). The van der Waals surface area contributed by atoms with Gasteiger partial charge in [-0.05, 0) is 60.5 Å². The van der Waals surface area contributed by atoms with E-state index >= 15 is 0 Å². The number of anilines is 1. The Kier molecular flexibility index (Phi) is 6.02. The summed E-state index contributed by atoms with van der Waals surface area (Å²) < 4.78 is 2.37. The van der Waals surface area contributed by atoms with Crippen LogP contribution in [-0.4, -0.2) is 62.9 Å². The zero-order valence-electron chi connectivity index (χ0n) is 17.3. The summed E-state index contributed by atoms with van der Waals surface area (Å²) in [6.45, 7) is 4.53. The van der Waals surface area contributed by atoms with E-state index in [9.17, 15) is 4.79 Å². The van der Waals surface area contributed by atoms with E-state index in [-0.39, 0.29) is 11.6 Å². The van der Waals surface area contributed by atoms with Gasteiger partial charge in [-0.2, -0.15) is 4.98 Å². The van der Waals surface area contributed by atoms with E-state index < -0.39 is 0 Å². The summed E-state index contributed by atoms with van der Waals surface area (Å²) in [6.07, 6.45) is 9.01. The number of pyridine rings is 1. The number of hydrogen-bond acceptors (Lipinski definition) is 7. The molecular weight excluding hydrogens is 446 g/mol. The van der Waals surface area contributed by atoms with E-state index in [1.807, 2.05) is 4.57 Å². The molecule has 0 aromatic carbocycles. The summed E-state index contributed by atoms with van der Waals surface area (Å²) in [4.78, 5) is 20.3. The van der Waals surface area contributed by atoms with Crippen LogP contribution in [0.4, 0.5) is 5.95 Å². The summed E-state index contributed by atoms with van der Waals surface area (Å²) in [5, 5.41) is 15.7. The SMILES string of the molecule is O=c1c(Br)cc2nnc(NC3CCC(N4CCNCC4)CC3)nc2n1C1CCCC1. The fraction of sp³-hybridized carbons (Fsp3) is 0.714. The van der Waals surface area contributed by atoms with Crippen LogP contribution in [0.25, 0.3) is 11.2 Å². The molecule has 2 N–H and O–H groups in total. The van der Waals surface area contributed by atoms with E-state index in [2.05, 4.69) is 41.7 Å². The van der Waals surface area contributed by atoms with Crippen molar-refractivity contribution < 1.29 is 0 Å². The van der Waals surface area contributed by atoms with Crippen molar-refractivity contribution in [2.75, 3.05) is 31.5 Å². The Balaban J connectivity index is 1.32. The molecule has 8 nitrogen and oxygen atoms in total. The van der Waals surface area contributed by atoms with Crippen molar-refractivity contribution in [2.24, 2.45) is 0 Å². The van der Waals surface area contributed by atoms with Crippen molar-refractivity contribution in [3.05, 3.63) is 20.9 Å². The van der Waals surface area contributed by atoms with Gasteiger partial charge in [0.2, 0.25) is 5.95 Å². The van der Waals surface area contributed by atoms with E-state index in [0.717, 1.165) is 64.7 Å². The molecule has 0 atom stereocenters. The highest BCUT2D eigenvalue weighted by atomic mass is 79.9. The molecule has 2 saturated carbocycles. The average molecular weight is 476 g/mol. The molecule has 2 aliphatic carbocycles. The highest BCUT2D eigenvalue weighted by Crippen LogP contribution is 2.31. The number of hydrogen-bond donors (Lipinski definition) is 2. The van der Waals surface area contributed by atoms with Crippen molar-refractivity contribution in [1.82, 2.24) is 30.0 Å². The van der Waals surface area contributed by atoms with E-state index in [1.54, 1.807) is 6.07 Å². The largest absolute Gasteiger partial charge is 0.350 e. The number of fused-ring (bicyclic) bond motifs is 1. The van der Waals surface area contributed by atoms with Gasteiger partial charge in [-0.15, -0.1) is 10.2 Å². The smallest absolute Gasteiger partial charge is 0.266 e. The number of piperazine rings is 1. The Bertz CT molecular complexity index is 944. The second-order valence-electron chi connectivity index (χ2n) is 8.89. The van der Waals surface area contributed by atoms with Crippen LogP contribution in [0.2, 0.25) is 0 Å². The highest BCUT2D eigenvalue weighted by Gasteiger charge is 2.27. The molecule has 9 heteroatoms. The third-order valence-electron chi connectivity index (χ3n) is 7.00. The third kappa shape index (κ3) is 4.11. The number of aromatic nitrogens is 4. The number of halogens is 1. The minimum atomic E-state index is -0.0163. The Morgan fingerprint density at radius 2 is 1.73 bits per heavy atom. The lowest BCUT2D eigenvalue weighted by molar-refractivity contribution is 0.135. The number of nitrogens with zero attached hydrogens (tertiary/aromatic N) is 5. The van der Waals surface area contributed by atoms with Crippen LogP contribution < -0.4 is 16.2 Å². The van der Waals surface area contributed by atoms with Gasteiger partial charge in [0.1, 0.15) is 5.52 Å². The van der Waals surface area contributed by atoms with Gasteiger partial charge in [0.05, 0.1) is 4.47 Å². The van der Waals surface area contributed by atoms with Gasteiger partial charge in [-0.1, -0.05) is 12.8 Å². The summed E-state index contributed by atoms with van der Waals surface area (Å²) in [7, 11) is 0. The zero-order chi connectivity index (χ0) is 20.5. The molecule has 0 unspecified atom stereocenters. The second-order valence-corrected chi connectivity index (χ2v) is 9.74.